The topological polar surface area (TPSA) is 69.9 Å². The Morgan fingerprint density at radius 1 is 0.917 bits per heavy atom. The van der Waals surface area contributed by atoms with Gasteiger partial charge in [-0.2, -0.15) is 0 Å². The smallest absolute Gasteiger partial charge is 0.183 e. The number of hydrogen-bond acceptors (Lipinski definition) is 4. The first-order chi connectivity index (χ1) is 11.6. The fourth-order valence-corrected chi connectivity index (χ4v) is 3.60. The van der Waals surface area contributed by atoms with E-state index in [1.165, 1.54) is 0 Å². The summed E-state index contributed by atoms with van der Waals surface area (Å²) < 4.78 is 6.11. The summed E-state index contributed by atoms with van der Waals surface area (Å²) in [5.41, 5.74) is 2.52. The fraction of sp³-hybridized carbons (Fsp3) is 0.200. The number of ether oxygens (including phenoxy) is 1. The van der Waals surface area contributed by atoms with E-state index < -0.39 is 11.9 Å². The van der Waals surface area contributed by atoms with Gasteiger partial charge in [0.05, 0.1) is 5.76 Å². The third-order valence-electron chi connectivity index (χ3n) is 4.75. The van der Waals surface area contributed by atoms with Gasteiger partial charge in [0.2, 0.25) is 0 Å². The third-order valence-corrected chi connectivity index (χ3v) is 4.75. The number of aliphatic hydroxyl groups is 2. The highest BCUT2D eigenvalue weighted by Gasteiger charge is 2.48. The molecule has 0 aromatic heterocycles. The van der Waals surface area contributed by atoms with E-state index in [1.54, 1.807) is 18.2 Å². The Labute approximate surface area is 140 Å². The Morgan fingerprint density at radius 3 is 2.38 bits per heavy atom. The first kappa shape index (κ1) is 15.0. The number of benzene rings is 2. The molecule has 0 fully saturated rings. The standard InChI is InChI=1S/C20H18O4/c21-15-9-5-13(6-10-15)20(14-7-11-16(22)12-8-14)18-4-2-1-3-17(18)19(23)24-20/h1-7,9-11,19,21-23H,8,12H2. The number of fused-ring (bicyclic) bond motifs is 1. The number of phenolic OH excluding ortho intramolecular Hbond substituents is 1. The monoisotopic (exact) mass is 322 g/mol. The Morgan fingerprint density at radius 2 is 1.67 bits per heavy atom. The molecular formula is C20H18O4. The second-order valence-corrected chi connectivity index (χ2v) is 6.14. The van der Waals surface area contributed by atoms with Crippen LogP contribution < -0.4 is 0 Å². The van der Waals surface area contributed by atoms with Crippen molar-refractivity contribution in [2.45, 2.75) is 24.7 Å². The number of hydrogen-bond donors (Lipinski definition) is 3. The second kappa shape index (κ2) is 5.51. The second-order valence-electron chi connectivity index (χ2n) is 6.14. The minimum absolute atomic E-state index is 0.177. The summed E-state index contributed by atoms with van der Waals surface area (Å²) in [6, 6.07) is 14.5. The zero-order chi connectivity index (χ0) is 16.7. The summed E-state index contributed by atoms with van der Waals surface area (Å²) in [4.78, 5) is 0. The molecule has 0 bridgehead atoms. The first-order valence-corrected chi connectivity index (χ1v) is 7.95. The zero-order valence-electron chi connectivity index (χ0n) is 13.0. The molecule has 0 spiro atoms. The minimum atomic E-state index is -1.02. The Kier molecular flexibility index (Phi) is 3.44. The highest BCUT2D eigenvalue weighted by molar-refractivity contribution is 5.54. The van der Waals surface area contributed by atoms with Gasteiger partial charge in [-0.05, 0) is 35.8 Å². The number of allylic oxidation sites excluding steroid dienone is 3. The molecule has 0 amide bonds. The quantitative estimate of drug-likeness (QED) is 0.786. The Hall–Kier alpha value is -2.56. The maximum atomic E-state index is 10.5. The van der Waals surface area contributed by atoms with Gasteiger partial charge in [0.25, 0.3) is 0 Å². The van der Waals surface area contributed by atoms with Gasteiger partial charge in [0.15, 0.2) is 6.29 Å². The fourth-order valence-electron chi connectivity index (χ4n) is 3.60. The van der Waals surface area contributed by atoms with Crippen LogP contribution >= 0.6 is 0 Å². The first-order valence-electron chi connectivity index (χ1n) is 7.95. The maximum Gasteiger partial charge on any atom is 0.183 e. The van der Waals surface area contributed by atoms with Crippen molar-refractivity contribution >= 4 is 0 Å². The van der Waals surface area contributed by atoms with Crippen LogP contribution in [0.25, 0.3) is 0 Å². The van der Waals surface area contributed by atoms with Crippen LogP contribution in [0.2, 0.25) is 0 Å². The van der Waals surface area contributed by atoms with Crippen LogP contribution in [0, 0.1) is 0 Å². The Bertz CT molecular complexity index is 835. The molecule has 0 saturated heterocycles. The van der Waals surface area contributed by atoms with Crippen molar-refractivity contribution in [3.8, 4) is 5.75 Å². The number of rotatable bonds is 2. The maximum absolute atomic E-state index is 10.5. The highest BCUT2D eigenvalue weighted by atomic mass is 16.6. The number of phenols is 1. The largest absolute Gasteiger partial charge is 0.512 e. The molecule has 1 heterocycles. The minimum Gasteiger partial charge on any atom is -0.512 e. The van der Waals surface area contributed by atoms with Crippen LogP contribution in [0.5, 0.6) is 5.75 Å². The van der Waals surface area contributed by atoms with Gasteiger partial charge in [0.1, 0.15) is 11.4 Å². The predicted molar refractivity (Wildman–Crippen MR) is 89.4 cm³/mol. The molecule has 3 N–H and O–H groups in total. The van der Waals surface area contributed by atoms with Crippen molar-refractivity contribution in [2.24, 2.45) is 0 Å². The average Bonchev–Trinajstić information content (AvgIpc) is 2.91. The number of aliphatic hydroxyl groups excluding tert-OH is 2. The van der Waals surface area contributed by atoms with E-state index in [2.05, 4.69) is 0 Å². The SMILES string of the molecule is OC1=CC=C(C2(c3ccc(O)cc3)OC(O)c3ccccc32)CC1. The van der Waals surface area contributed by atoms with E-state index in [4.69, 9.17) is 4.74 Å². The van der Waals surface area contributed by atoms with Crippen molar-refractivity contribution < 1.29 is 20.1 Å². The van der Waals surface area contributed by atoms with Crippen LogP contribution in [0.4, 0.5) is 0 Å². The van der Waals surface area contributed by atoms with Crippen LogP contribution in [0.15, 0.2) is 72.0 Å². The normalized spacial score (nSPS) is 25.8. The summed E-state index contributed by atoms with van der Waals surface area (Å²) in [7, 11) is 0. The molecule has 2 aliphatic rings. The van der Waals surface area contributed by atoms with Crippen LogP contribution in [0.3, 0.4) is 0 Å². The molecule has 2 atom stereocenters. The van der Waals surface area contributed by atoms with Crippen molar-refractivity contribution in [3.05, 3.63) is 88.7 Å². The van der Waals surface area contributed by atoms with Gasteiger partial charge >= 0.3 is 0 Å². The van der Waals surface area contributed by atoms with E-state index in [-0.39, 0.29) is 5.75 Å². The van der Waals surface area contributed by atoms with E-state index in [1.807, 2.05) is 42.5 Å². The van der Waals surface area contributed by atoms with Gasteiger partial charge < -0.3 is 20.1 Å². The van der Waals surface area contributed by atoms with Crippen molar-refractivity contribution in [1.82, 2.24) is 0 Å². The van der Waals surface area contributed by atoms with Crippen molar-refractivity contribution in [3.63, 3.8) is 0 Å². The summed E-state index contributed by atoms with van der Waals surface area (Å²) in [5, 5.41) is 29.8. The third kappa shape index (κ3) is 2.15. The summed E-state index contributed by atoms with van der Waals surface area (Å²) in [6.45, 7) is 0. The lowest BCUT2D eigenvalue weighted by atomic mass is 9.76. The molecule has 122 valence electrons. The molecule has 1 aliphatic carbocycles. The predicted octanol–water partition coefficient (Wildman–Crippen LogP) is 3.82. The molecule has 24 heavy (non-hydrogen) atoms. The molecule has 4 rings (SSSR count). The van der Waals surface area contributed by atoms with Gasteiger partial charge in [0, 0.05) is 17.5 Å². The van der Waals surface area contributed by atoms with Gasteiger partial charge in [-0.15, -0.1) is 0 Å². The lowest BCUT2D eigenvalue weighted by Crippen LogP contribution is -2.31. The molecule has 2 aromatic carbocycles. The summed E-state index contributed by atoms with van der Waals surface area (Å²) >= 11 is 0. The highest BCUT2D eigenvalue weighted by Crippen LogP contribution is 2.52. The van der Waals surface area contributed by atoms with Gasteiger partial charge in [-0.25, -0.2) is 0 Å². The van der Waals surface area contributed by atoms with Gasteiger partial charge in [-0.1, -0.05) is 42.5 Å². The van der Waals surface area contributed by atoms with Gasteiger partial charge in [-0.3, -0.25) is 0 Å². The molecule has 4 nitrogen and oxygen atoms in total. The lowest BCUT2D eigenvalue weighted by Gasteiger charge is -2.34. The summed E-state index contributed by atoms with van der Waals surface area (Å²) in [5.74, 6) is 0.516. The van der Waals surface area contributed by atoms with E-state index in [0.717, 1.165) is 22.3 Å². The molecular weight excluding hydrogens is 304 g/mol. The Balaban J connectivity index is 1.97. The zero-order valence-corrected chi connectivity index (χ0v) is 13.0. The van der Waals surface area contributed by atoms with Crippen LogP contribution in [-0.4, -0.2) is 15.3 Å². The molecule has 4 heteroatoms. The molecule has 2 aromatic rings. The van der Waals surface area contributed by atoms with Crippen molar-refractivity contribution in [1.29, 1.82) is 0 Å². The molecule has 0 radical (unpaired) electrons. The van der Waals surface area contributed by atoms with Crippen LogP contribution in [-0.2, 0) is 10.3 Å². The van der Waals surface area contributed by atoms with Crippen LogP contribution in [0.1, 0.15) is 35.8 Å². The molecule has 0 saturated carbocycles. The van der Waals surface area contributed by atoms with E-state index >= 15 is 0 Å². The van der Waals surface area contributed by atoms with E-state index in [9.17, 15) is 15.3 Å². The average molecular weight is 322 g/mol. The summed E-state index contributed by atoms with van der Waals surface area (Å²) in [6.07, 6.45) is 3.69. The lowest BCUT2D eigenvalue weighted by molar-refractivity contribution is -0.142. The van der Waals surface area contributed by atoms with E-state index in [0.29, 0.717) is 18.6 Å². The van der Waals surface area contributed by atoms with Crippen molar-refractivity contribution in [2.75, 3.05) is 0 Å². The molecule has 1 aliphatic heterocycles. The molecule has 2 unspecified atom stereocenters. The number of aromatic hydroxyl groups is 1.